The summed E-state index contributed by atoms with van der Waals surface area (Å²) < 4.78 is 5.42. The maximum atomic E-state index is 5.55. The Morgan fingerprint density at radius 3 is 2.33 bits per heavy atom. The van der Waals surface area contributed by atoms with Crippen LogP contribution in [-0.2, 0) is 0 Å². The van der Waals surface area contributed by atoms with Crippen LogP contribution in [-0.4, -0.2) is 15.6 Å². The minimum Gasteiger partial charge on any atom is -0.471 e. The number of hydrogen-bond donors (Lipinski definition) is 0. The number of aromatic nitrogens is 2. The summed E-state index contributed by atoms with van der Waals surface area (Å²) >= 11 is 5.55. The van der Waals surface area contributed by atoms with E-state index < -0.39 is 0 Å². The van der Waals surface area contributed by atoms with Gasteiger partial charge in [-0.15, -0.1) is 0 Å². The molecular formula is C8H11ClN2O. The zero-order valence-electron chi connectivity index (χ0n) is 7.34. The van der Waals surface area contributed by atoms with Crippen molar-refractivity contribution in [1.82, 2.24) is 9.97 Å². The second-order valence-electron chi connectivity index (χ2n) is 3.39. The number of nitrogens with zero attached hydrogens (tertiary/aromatic N) is 2. The zero-order chi connectivity index (χ0) is 9.19. The van der Waals surface area contributed by atoms with Gasteiger partial charge in [-0.2, -0.15) is 0 Å². The summed E-state index contributed by atoms with van der Waals surface area (Å²) in [5, 5.41) is 0.372. The normalized spacial score (nSPS) is 11.3. The smallest absolute Gasteiger partial charge is 0.232 e. The van der Waals surface area contributed by atoms with E-state index >= 15 is 0 Å². The van der Waals surface area contributed by atoms with E-state index in [2.05, 4.69) is 9.97 Å². The summed E-state index contributed by atoms with van der Waals surface area (Å²) in [6.07, 6.45) is 2.97. The molecule has 1 aromatic heterocycles. The molecule has 0 amide bonds. The molecule has 0 bridgehead atoms. The average Bonchev–Trinajstić information content (AvgIpc) is 1.91. The molecule has 1 heterocycles. The molecule has 4 heteroatoms. The van der Waals surface area contributed by atoms with E-state index in [9.17, 15) is 0 Å². The largest absolute Gasteiger partial charge is 0.471 e. The predicted octanol–water partition coefficient (Wildman–Crippen LogP) is 2.31. The standard InChI is InChI=1S/C8H11ClN2O/c1-8(2,3)12-7-5-10-6(9)4-11-7/h4-5H,1-3H3. The lowest BCUT2D eigenvalue weighted by Crippen LogP contribution is -2.23. The van der Waals surface area contributed by atoms with Gasteiger partial charge in [-0.3, -0.25) is 0 Å². The first-order valence-corrected chi connectivity index (χ1v) is 4.02. The Labute approximate surface area is 76.7 Å². The van der Waals surface area contributed by atoms with E-state index in [1.807, 2.05) is 20.8 Å². The molecule has 66 valence electrons. The van der Waals surface area contributed by atoms with Crippen molar-refractivity contribution in [3.8, 4) is 5.88 Å². The van der Waals surface area contributed by atoms with Crippen molar-refractivity contribution in [3.63, 3.8) is 0 Å². The number of hydrogen-bond acceptors (Lipinski definition) is 3. The van der Waals surface area contributed by atoms with Gasteiger partial charge in [0.2, 0.25) is 5.88 Å². The third-order valence-corrected chi connectivity index (χ3v) is 1.20. The fourth-order valence-electron chi connectivity index (χ4n) is 0.667. The van der Waals surface area contributed by atoms with Crippen molar-refractivity contribution < 1.29 is 4.74 Å². The number of ether oxygens (including phenoxy) is 1. The van der Waals surface area contributed by atoms with E-state index in [0.29, 0.717) is 11.0 Å². The number of rotatable bonds is 1. The molecule has 0 aliphatic carbocycles. The molecule has 0 saturated heterocycles. The van der Waals surface area contributed by atoms with E-state index in [0.717, 1.165) is 0 Å². The fraction of sp³-hybridized carbons (Fsp3) is 0.500. The highest BCUT2D eigenvalue weighted by atomic mass is 35.5. The van der Waals surface area contributed by atoms with Gasteiger partial charge in [0.05, 0.1) is 12.4 Å². The number of halogens is 1. The zero-order valence-corrected chi connectivity index (χ0v) is 8.09. The molecule has 0 N–H and O–H groups in total. The van der Waals surface area contributed by atoms with Gasteiger partial charge in [-0.25, -0.2) is 9.97 Å². The van der Waals surface area contributed by atoms with Crippen molar-refractivity contribution in [2.75, 3.05) is 0 Å². The van der Waals surface area contributed by atoms with Crippen molar-refractivity contribution in [2.24, 2.45) is 0 Å². The van der Waals surface area contributed by atoms with Crippen molar-refractivity contribution >= 4 is 11.6 Å². The van der Waals surface area contributed by atoms with Crippen LogP contribution in [0, 0.1) is 0 Å². The van der Waals surface area contributed by atoms with Gasteiger partial charge < -0.3 is 4.74 Å². The van der Waals surface area contributed by atoms with E-state index in [-0.39, 0.29) is 5.60 Å². The SMILES string of the molecule is CC(C)(C)Oc1cnc(Cl)cn1. The summed E-state index contributed by atoms with van der Waals surface area (Å²) in [5.41, 5.74) is -0.248. The molecule has 0 radical (unpaired) electrons. The molecule has 1 aromatic rings. The van der Waals surface area contributed by atoms with Crippen LogP contribution in [0.1, 0.15) is 20.8 Å². The minimum atomic E-state index is -0.248. The van der Waals surface area contributed by atoms with Crippen LogP contribution >= 0.6 is 11.6 Å². The second kappa shape index (κ2) is 3.27. The van der Waals surface area contributed by atoms with Gasteiger partial charge in [-0.1, -0.05) is 11.6 Å². The van der Waals surface area contributed by atoms with E-state index in [1.165, 1.54) is 12.4 Å². The van der Waals surface area contributed by atoms with Crippen molar-refractivity contribution in [1.29, 1.82) is 0 Å². The van der Waals surface area contributed by atoms with Gasteiger partial charge in [0.1, 0.15) is 10.8 Å². The molecule has 0 aliphatic heterocycles. The Morgan fingerprint density at radius 1 is 1.25 bits per heavy atom. The molecule has 12 heavy (non-hydrogen) atoms. The molecule has 3 nitrogen and oxygen atoms in total. The monoisotopic (exact) mass is 186 g/mol. The average molecular weight is 187 g/mol. The van der Waals surface area contributed by atoms with Crippen molar-refractivity contribution in [3.05, 3.63) is 17.5 Å². The fourth-order valence-corrected chi connectivity index (χ4v) is 0.764. The van der Waals surface area contributed by atoms with Crippen LogP contribution in [0.25, 0.3) is 0 Å². The topological polar surface area (TPSA) is 35.0 Å². The molecule has 0 aromatic carbocycles. The third-order valence-electron chi connectivity index (χ3n) is 1.01. The molecule has 0 unspecified atom stereocenters. The maximum absolute atomic E-state index is 5.55. The first kappa shape index (κ1) is 9.26. The highest BCUT2D eigenvalue weighted by Gasteiger charge is 2.12. The van der Waals surface area contributed by atoms with Gasteiger partial charge in [0.15, 0.2) is 0 Å². The first-order valence-electron chi connectivity index (χ1n) is 3.64. The molecular weight excluding hydrogens is 176 g/mol. The highest BCUT2D eigenvalue weighted by Crippen LogP contribution is 2.14. The summed E-state index contributed by atoms with van der Waals surface area (Å²) in [6.45, 7) is 5.84. The highest BCUT2D eigenvalue weighted by molar-refractivity contribution is 6.29. The van der Waals surface area contributed by atoms with Crippen molar-refractivity contribution in [2.45, 2.75) is 26.4 Å². The van der Waals surface area contributed by atoms with Gasteiger partial charge in [-0.05, 0) is 20.8 Å². The second-order valence-corrected chi connectivity index (χ2v) is 3.78. The Bertz CT molecular complexity index is 253. The van der Waals surface area contributed by atoms with Crippen LogP contribution in [0.3, 0.4) is 0 Å². The molecule has 0 aliphatic rings. The van der Waals surface area contributed by atoms with Crippen LogP contribution in [0.2, 0.25) is 5.15 Å². The Hall–Kier alpha value is -0.830. The van der Waals surface area contributed by atoms with Gasteiger partial charge in [0, 0.05) is 0 Å². The van der Waals surface area contributed by atoms with Crippen LogP contribution < -0.4 is 4.74 Å². The molecule has 0 fully saturated rings. The predicted molar refractivity (Wildman–Crippen MR) is 47.4 cm³/mol. The lowest BCUT2D eigenvalue weighted by molar-refractivity contribution is 0.123. The van der Waals surface area contributed by atoms with Crippen LogP contribution in [0.15, 0.2) is 12.4 Å². The van der Waals surface area contributed by atoms with E-state index in [1.54, 1.807) is 0 Å². The molecule has 0 saturated carbocycles. The van der Waals surface area contributed by atoms with Gasteiger partial charge >= 0.3 is 0 Å². The molecule has 1 rings (SSSR count). The first-order chi connectivity index (χ1) is 5.47. The lowest BCUT2D eigenvalue weighted by Gasteiger charge is -2.19. The quantitative estimate of drug-likeness (QED) is 0.675. The maximum Gasteiger partial charge on any atom is 0.232 e. The summed E-state index contributed by atoms with van der Waals surface area (Å²) in [6, 6.07) is 0. The Morgan fingerprint density at radius 2 is 1.92 bits per heavy atom. The Balaban J connectivity index is 2.71. The minimum absolute atomic E-state index is 0.248. The summed E-state index contributed by atoms with van der Waals surface area (Å²) in [7, 11) is 0. The van der Waals surface area contributed by atoms with E-state index in [4.69, 9.17) is 16.3 Å². The molecule has 0 atom stereocenters. The third kappa shape index (κ3) is 3.05. The Kier molecular flexibility index (Phi) is 2.52. The lowest BCUT2D eigenvalue weighted by atomic mass is 10.2. The summed E-state index contributed by atoms with van der Waals surface area (Å²) in [4.78, 5) is 7.79. The summed E-state index contributed by atoms with van der Waals surface area (Å²) in [5.74, 6) is 0.493. The van der Waals surface area contributed by atoms with Crippen LogP contribution in [0.5, 0.6) is 5.88 Å². The molecule has 0 spiro atoms. The van der Waals surface area contributed by atoms with Gasteiger partial charge in [0.25, 0.3) is 0 Å². The van der Waals surface area contributed by atoms with Crippen LogP contribution in [0.4, 0.5) is 0 Å².